The summed E-state index contributed by atoms with van der Waals surface area (Å²) in [6.45, 7) is 0. The Balaban J connectivity index is 2.34. The summed E-state index contributed by atoms with van der Waals surface area (Å²) in [5.41, 5.74) is 0.790. The maximum absolute atomic E-state index is 8.40. The van der Waals surface area contributed by atoms with Crippen LogP contribution in [0.2, 0.25) is 0 Å². The van der Waals surface area contributed by atoms with E-state index in [2.05, 4.69) is 15.9 Å². The van der Waals surface area contributed by atoms with Crippen molar-refractivity contribution in [1.82, 2.24) is 0 Å². The molecule has 1 nitrogen and oxygen atoms in total. The van der Waals surface area contributed by atoms with E-state index in [1.807, 2.05) is 6.07 Å². The molecule has 4 rings (SSSR count). The van der Waals surface area contributed by atoms with E-state index in [9.17, 15) is 0 Å². The molecule has 0 atom stereocenters. The van der Waals surface area contributed by atoms with E-state index in [-0.39, 0.29) is 52.2 Å². The fourth-order valence-electron chi connectivity index (χ4n) is 2.22. The highest BCUT2D eigenvalue weighted by molar-refractivity contribution is 9.10. The topological polar surface area (TPSA) is 13.1 Å². The third kappa shape index (κ3) is 1.76. The Kier molecular flexibility index (Phi) is 1.48. The van der Waals surface area contributed by atoms with Crippen LogP contribution in [-0.2, 0) is 0 Å². The van der Waals surface area contributed by atoms with Crippen molar-refractivity contribution in [3.63, 3.8) is 0 Å². The van der Waals surface area contributed by atoms with Crippen LogP contribution in [0.4, 0.5) is 0 Å². The molecular formula is C18H11BrO. The summed E-state index contributed by atoms with van der Waals surface area (Å²) in [6, 6.07) is 4.74. The molecule has 1 heterocycles. The Morgan fingerprint density at radius 2 is 1.80 bits per heavy atom. The number of hydrogen-bond donors (Lipinski definition) is 0. The molecule has 0 aliphatic carbocycles. The lowest BCUT2D eigenvalue weighted by atomic mass is 10.00. The van der Waals surface area contributed by atoms with E-state index >= 15 is 0 Å². The molecule has 2 heteroatoms. The molecule has 3 aromatic carbocycles. The van der Waals surface area contributed by atoms with Crippen molar-refractivity contribution in [2.75, 3.05) is 0 Å². The second-order valence-corrected chi connectivity index (χ2v) is 5.19. The minimum absolute atomic E-state index is 0.0204. The van der Waals surface area contributed by atoms with E-state index in [4.69, 9.17) is 14.0 Å². The van der Waals surface area contributed by atoms with Gasteiger partial charge in [0.25, 0.3) is 0 Å². The first-order valence-corrected chi connectivity index (χ1v) is 6.71. The first kappa shape index (κ1) is 6.59. The number of rotatable bonds is 1. The zero-order valence-corrected chi connectivity index (χ0v) is 11.7. The van der Waals surface area contributed by atoms with Crippen LogP contribution in [0.5, 0.6) is 0 Å². The minimum Gasteiger partial charge on any atom is -0.456 e. The van der Waals surface area contributed by atoms with Crippen molar-refractivity contribution in [2.45, 2.75) is 0 Å². The lowest BCUT2D eigenvalue weighted by Crippen LogP contribution is -1.79. The van der Waals surface area contributed by atoms with Crippen LogP contribution in [0.1, 0.15) is 9.60 Å². The van der Waals surface area contributed by atoms with E-state index in [1.54, 1.807) is 18.2 Å². The summed E-state index contributed by atoms with van der Waals surface area (Å²) in [4.78, 5) is 0. The van der Waals surface area contributed by atoms with Crippen LogP contribution in [0.25, 0.3) is 33.1 Å². The minimum atomic E-state index is -0.431. The van der Waals surface area contributed by atoms with Gasteiger partial charge in [0.05, 0.1) is 9.60 Å². The van der Waals surface area contributed by atoms with Gasteiger partial charge in [-0.15, -0.1) is 0 Å². The monoisotopic (exact) mass is 329 g/mol. The van der Waals surface area contributed by atoms with Gasteiger partial charge in [-0.2, -0.15) is 0 Å². The van der Waals surface area contributed by atoms with Crippen molar-refractivity contribution < 1.29 is 14.0 Å². The molecule has 0 unspecified atom stereocenters. The van der Waals surface area contributed by atoms with Gasteiger partial charge < -0.3 is 4.42 Å². The van der Waals surface area contributed by atoms with Crippen LogP contribution in [0.3, 0.4) is 0 Å². The average molecular weight is 330 g/mol. The lowest BCUT2D eigenvalue weighted by molar-refractivity contribution is 0.669. The van der Waals surface area contributed by atoms with E-state index in [1.165, 1.54) is 0 Å². The van der Waals surface area contributed by atoms with Crippen LogP contribution >= 0.6 is 15.9 Å². The molecule has 0 fully saturated rings. The van der Waals surface area contributed by atoms with Gasteiger partial charge >= 0.3 is 0 Å². The van der Waals surface area contributed by atoms with Gasteiger partial charge in [0, 0.05) is 15.2 Å². The largest absolute Gasteiger partial charge is 0.456 e. The van der Waals surface area contributed by atoms with E-state index in [0.29, 0.717) is 11.1 Å². The maximum atomic E-state index is 8.40. The van der Waals surface area contributed by atoms with Gasteiger partial charge in [0.15, 0.2) is 0 Å². The van der Waals surface area contributed by atoms with Crippen LogP contribution in [-0.4, -0.2) is 0 Å². The molecule has 0 N–H and O–H groups in total. The molecule has 0 amide bonds. The second-order valence-electron chi connectivity index (χ2n) is 4.27. The first-order valence-electron chi connectivity index (χ1n) is 9.42. The summed E-state index contributed by atoms with van der Waals surface area (Å²) in [5.74, 6) is 0. The van der Waals surface area contributed by atoms with Crippen LogP contribution in [0.15, 0.2) is 75.5 Å². The van der Waals surface area contributed by atoms with Crippen molar-refractivity contribution in [3.8, 4) is 11.1 Å². The Bertz CT molecular complexity index is 1260. The summed E-state index contributed by atoms with van der Waals surface area (Å²) in [5, 5.41) is 0.370. The molecule has 0 aliphatic heterocycles. The second kappa shape index (κ2) is 4.50. The average Bonchev–Trinajstić information content (AvgIpc) is 3.03. The van der Waals surface area contributed by atoms with E-state index < -0.39 is 12.1 Å². The summed E-state index contributed by atoms with van der Waals surface area (Å²) in [6.07, 6.45) is 0. The van der Waals surface area contributed by atoms with Gasteiger partial charge in [-0.05, 0) is 35.3 Å². The van der Waals surface area contributed by atoms with Crippen LogP contribution < -0.4 is 0 Å². The SMILES string of the molecule is [2H]c1c([2H])c([2H])c2c(oc3c([2H])c([2H])c([2H])c(-c4cccc(Br)c4)c32)c1[2H]. The van der Waals surface area contributed by atoms with Crippen molar-refractivity contribution >= 4 is 37.9 Å². The number of para-hydroxylation sites is 1. The zero-order valence-electron chi connectivity index (χ0n) is 17.1. The fraction of sp³-hybridized carbons (Fsp3) is 0. The van der Waals surface area contributed by atoms with Crippen molar-refractivity contribution in [2.24, 2.45) is 0 Å². The van der Waals surface area contributed by atoms with Crippen LogP contribution in [0, 0.1) is 0 Å². The summed E-state index contributed by atoms with van der Waals surface area (Å²) >= 11 is 3.38. The standard InChI is InChI=1S/C18H11BrO/c19-13-6-3-5-12(11-13)14-8-4-10-17-18(14)15-7-1-2-9-16(15)20-17/h1-11H/i1D,2D,4D,7D,8D,9D,10D. The zero-order chi connectivity index (χ0) is 19.6. The highest BCUT2D eigenvalue weighted by atomic mass is 79.9. The van der Waals surface area contributed by atoms with E-state index in [0.717, 1.165) is 4.47 Å². The van der Waals surface area contributed by atoms with Gasteiger partial charge in [0.1, 0.15) is 11.2 Å². The summed E-state index contributed by atoms with van der Waals surface area (Å²) in [7, 11) is 0. The van der Waals surface area contributed by atoms with Crippen molar-refractivity contribution in [3.05, 3.63) is 71.0 Å². The molecule has 96 valence electrons. The maximum Gasteiger partial charge on any atom is 0.136 e. The molecule has 0 saturated carbocycles. The molecule has 20 heavy (non-hydrogen) atoms. The number of benzene rings is 3. The fourth-order valence-corrected chi connectivity index (χ4v) is 2.62. The third-order valence-corrected chi connectivity index (χ3v) is 3.55. The lowest BCUT2D eigenvalue weighted by Gasteiger charge is -2.04. The molecule has 0 saturated heterocycles. The number of hydrogen-bond acceptors (Lipinski definition) is 1. The quantitative estimate of drug-likeness (QED) is 0.416. The molecule has 0 aliphatic rings. The number of furan rings is 1. The van der Waals surface area contributed by atoms with Gasteiger partial charge in [-0.3, -0.25) is 0 Å². The Morgan fingerprint density at radius 3 is 2.70 bits per heavy atom. The highest BCUT2D eigenvalue weighted by Crippen LogP contribution is 2.36. The molecule has 1 aromatic heterocycles. The van der Waals surface area contributed by atoms with Gasteiger partial charge in [-0.1, -0.05) is 58.3 Å². The third-order valence-electron chi connectivity index (χ3n) is 3.06. The van der Waals surface area contributed by atoms with Crippen molar-refractivity contribution in [1.29, 1.82) is 0 Å². The first-order chi connectivity index (χ1) is 12.7. The molecule has 4 aromatic rings. The molecular weight excluding hydrogens is 312 g/mol. The molecule has 0 radical (unpaired) electrons. The highest BCUT2D eigenvalue weighted by Gasteiger charge is 2.11. The summed E-state index contributed by atoms with van der Waals surface area (Å²) < 4.78 is 63.3. The van der Waals surface area contributed by atoms with Gasteiger partial charge in [0.2, 0.25) is 0 Å². The molecule has 0 spiro atoms. The number of halogens is 1. The number of fused-ring (bicyclic) bond motifs is 3. The predicted octanol–water partition coefficient (Wildman–Crippen LogP) is 6.02. The van der Waals surface area contributed by atoms with Gasteiger partial charge in [-0.25, -0.2) is 0 Å². The molecule has 0 bridgehead atoms. The Morgan fingerprint density at radius 1 is 0.950 bits per heavy atom. The Labute approximate surface area is 134 Å². The normalized spacial score (nSPS) is 16.1. The predicted molar refractivity (Wildman–Crippen MR) is 86.9 cm³/mol. The smallest absolute Gasteiger partial charge is 0.136 e. The Hall–Kier alpha value is -2.06.